The van der Waals surface area contributed by atoms with Crippen molar-refractivity contribution in [2.24, 2.45) is 0 Å². The van der Waals surface area contributed by atoms with Gasteiger partial charge >= 0.3 is 6.09 Å². The molecule has 2 N–H and O–H groups in total. The normalized spacial score (nSPS) is 21.4. The first-order chi connectivity index (χ1) is 9.74. The van der Waals surface area contributed by atoms with Gasteiger partial charge in [0.1, 0.15) is 5.60 Å². The molecule has 0 saturated heterocycles. The number of alkyl carbamates (subject to hydrolysis) is 1. The number of nitrogens with one attached hydrogen (secondary N) is 2. The molecule has 2 rings (SSSR count). The van der Waals surface area contributed by atoms with Crippen molar-refractivity contribution < 1.29 is 9.53 Å². The van der Waals surface area contributed by atoms with Crippen LogP contribution in [0.5, 0.6) is 0 Å². The van der Waals surface area contributed by atoms with Crippen LogP contribution in [0, 0.1) is 0 Å². The topological polar surface area (TPSA) is 50.4 Å². The molecule has 1 aromatic rings. The lowest BCUT2D eigenvalue weighted by atomic mass is 9.86. The summed E-state index contributed by atoms with van der Waals surface area (Å²) in [6, 6.07) is 6.22. The summed E-state index contributed by atoms with van der Waals surface area (Å²) in [5.74, 6) is 0. The van der Waals surface area contributed by atoms with Gasteiger partial charge in [-0.25, -0.2) is 4.79 Å². The number of carbonyl (C=O) groups excluding carboxylic acids is 1. The van der Waals surface area contributed by atoms with Gasteiger partial charge in [-0.2, -0.15) is 0 Å². The summed E-state index contributed by atoms with van der Waals surface area (Å²) < 4.78 is 6.11. The molecule has 1 saturated carbocycles. The number of halogens is 2. The fourth-order valence-electron chi connectivity index (χ4n) is 2.16. The van der Waals surface area contributed by atoms with Crippen LogP contribution in [0.25, 0.3) is 0 Å². The molecule has 21 heavy (non-hydrogen) atoms. The first-order valence-corrected chi connectivity index (χ1v) is 8.12. The van der Waals surface area contributed by atoms with E-state index in [4.69, 9.17) is 16.3 Å². The summed E-state index contributed by atoms with van der Waals surface area (Å²) in [5.41, 5.74) is 0.514. The Labute approximate surface area is 138 Å². The lowest BCUT2D eigenvalue weighted by Gasteiger charge is -2.37. The minimum Gasteiger partial charge on any atom is -0.444 e. The van der Waals surface area contributed by atoms with Crippen molar-refractivity contribution in [2.75, 3.05) is 5.32 Å². The number of rotatable bonds is 3. The molecule has 1 aliphatic carbocycles. The van der Waals surface area contributed by atoms with Gasteiger partial charge < -0.3 is 15.4 Å². The van der Waals surface area contributed by atoms with E-state index < -0.39 is 5.60 Å². The summed E-state index contributed by atoms with van der Waals surface area (Å²) in [6.07, 6.45) is 1.39. The second-order valence-corrected chi connectivity index (χ2v) is 7.46. The van der Waals surface area contributed by atoms with Crippen molar-refractivity contribution in [1.29, 1.82) is 0 Å². The Hall–Kier alpha value is -0.940. The molecule has 116 valence electrons. The molecule has 1 amide bonds. The van der Waals surface area contributed by atoms with E-state index in [1.807, 2.05) is 39.0 Å². The van der Waals surface area contributed by atoms with Crippen molar-refractivity contribution in [3.63, 3.8) is 0 Å². The Kier molecular flexibility index (Phi) is 5.04. The van der Waals surface area contributed by atoms with Gasteiger partial charge in [0.25, 0.3) is 0 Å². The van der Waals surface area contributed by atoms with Crippen LogP contribution >= 0.6 is 27.5 Å². The van der Waals surface area contributed by atoms with Crippen LogP contribution < -0.4 is 10.6 Å². The molecular formula is C15H20BrClN2O2. The zero-order valence-corrected chi connectivity index (χ0v) is 14.7. The van der Waals surface area contributed by atoms with Gasteiger partial charge in [0.15, 0.2) is 0 Å². The molecule has 1 fully saturated rings. The largest absolute Gasteiger partial charge is 0.444 e. The van der Waals surface area contributed by atoms with Crippen molar-refractivity contribution in [3.8, 4) is 0 Å². The van der Waals surface area contributed by atoms with Gasteiger partial charge in [0, 0.05) is 12.1 Å². The first kappa shape index (κ1) is 16.4. The van der Waals surface area contributed by atoms with Crippen LogP contribution in [0.15, 0.2) is 22.7 Å². The molecule has 0 atom stereocenters. The van der Waals surface area contributed by atoms with Gasteiger partial charge in [0.2, 0.25) is 0 Å². The third-order valence-corrected chi connectivity index (χ3v) is 4.57. The molecular weight excluding hydrogens is 356 g/mol. The van der Waals surface area contributed by atoms with Gasteiger partial charge in [0.05, 0.1) is 15.2 Å². The van der Waals surface area contributed by atoms with Gasteiger partial charge in [-0.3, -0.25) is 0 Å². The van der Waals surface area contributed by atoms with Crippen molar-refractivity contribution in [3.05, 3.63) is 27.7 Å². The maximum absolute atomic E-state index is 11.6. The van der Waals surface area contributed by atoms with E-state index in [-0.39, 0.29) is 12.1 Å². The summed E-state index contributed by atoms with van der Waals surface area (Å²) in [5, 5.41) is 6.97. The van der Waals surface area contributed by atoms with E-state index in [2.05, 4.69) is 26.6 Å². The van der Waals surface area contributed by atoms with Crippen LogP contribution in [0.2, 0.25) is 5.02 Å². The second-order valence-electron chi connectivity index (χ2n) is 6.26. The first-order valence-electron chi connectivity index (χ1n) is 6.94. The Morgan fingerprint density at radius 1 is 1.33 bits per heavy atom. The number of amides is 1. The monoisotopic (exact) mass is 374 g/mol. The van der Waals surface area contributed by atoms with Gasteiger partial charge in [-0.1, -0.05) is 17.7 Å². The number of anilines is 1. The van der Waals surface area contributed by atoms with Crippen LogP contribution in [0.4, 0.5) is 10.5 Å². The predicted octanol–water partition coefficient (Wildman–Crippen LogP) is 4.57. The van der Waals surface area contributed by atoms with E-state index in [0.29, 0.717) is 11.1 Å². The second kappa shape index (κ2) is 6.44. The zero-order chi connectivity index (χ0) is 15.6. The summed E-state index contributed by atoms with van der Waals surface area (Å²) >= 11 is 9.52. The molecule has 1 aromatic carbocycles. The van der Waals surface area contributed by atoms with E-state index in [1.165, 1.54) is 0 Å². The van der Waals surface area contributed by atoms with E-state index in [1.54, 1.807) is 0 Å². The molecule has 4 nitrogen and oxygen atoms in total. The van der Waals surface area contributed by atoms with Crippen molar-refractivity contribution in [1.82, 2.24) is 5.32 Å². The van der Waals surface area contributed by atoms with Gasteiger partial charge in [-0.05, 0) is 61.7 Å². The highest BCUT2D eigenvalue weighted by atomic mass is 79.9. The van der Waals surface area contributed by atoms with Gasteiger partial charge in [-0.15, -0.1) is 0 Å². The van der Waals surface area contributed by atoms with E-state index in [0.717, 1.165) is 23.0 Å². The minimum atomic E-state index is -0.461. The standard InChI is InChI=1S/C15H20BrClN2O2/c1-15(2,3)21-14(20)19-10-7-9(8-10)18-12-6-4-5-11(17)13(12)16/h4-6,9-10,18H,7-8H2,1-3H3,(H,19,20). The van der Waals surface area contributed by atoms with Crippen LogP contribution in [0.3, 0.4) is 0 Å². The number of hydrogen-bond donors (Lipinski definition) is 2. The number of hydrogen-bond acceptors (Lipinski definition) is 3. The Bertz CT molecular complexity index is 525. The van der Waals surface area contributed by atoms with Crippen molar-refractivity contribution >= 4 is 39.3 Å². The SMILES string of the molecule is CC(C)(C)OC(=O)NC1CC(Nc2cccc(Cl)c2Br)C1. The third-order valence-electron chi connectivity index (χ3n) is 3.17. The summed E-state index contributed by atoms with van der Waals surface area (Å²) in [6.45, 7) is 5.57. The molecule has 0 aromatic heterocycles. The lowest BCUT2D eigenvalue weighted by Crippen LogP contribution is -2.50. The molecule has 6 heteroatoms. The van der Waals surface area contributed by atoms with E-state index >= 15 is 0 Å². The highest BCUT2D eigenvalue weighted by Gasteiger charge is 2.31. The summed E-state index contributed by atoms with van der Waals surface area (Å²) in [4.78, 5) is 11.6. The Morgan fingerprint density at radius 2 is 2.00 bits per heavy atom. The molecule has 0 unspecified atom stereocenters. The maximum atomic E-state index is 11.6. The fourth-order valence-corrected chi connectivity index (χ4v) is 2.72. The highest BCUT2D eigenvalue weighted by molar-refractivity contribution is 9.10. The molecule has 0 bridgehead atoms. The highest BCUT2D eigenvalue weighted by Crippen LogP contribution is 2.33. The van der Waals surface area contributed by atoms with Crippen molar-refractivity contribution in [2.45, 2.75) is 51.3 Å². The minimum absolute atomic E-state index is 0.162. The average molecular weight is 376 g/mol. The average Bonchev–Trinajstić information content (AvgIpc) is 2.29. The summed E-state index contributed by atoms with van der Waals surface area (Å²) in [7, 11) is 0. The molecule has 0 spiro atoms. The molecule has 0 radical (unpaired) electrons. The molecule has 0 heterocycles. The number of carbonyl (C=O) groups is 1. The van der Waals surface area contributed by atoms with Crippen LogP contribution in [-0.2, 0) is 4.74 Å². The fraction of sp³-hybridized carbons (Fsp3) is 0.533. The smallest absolute Gasteiger partial charge is 0.407 e. The Morgan fingerprint density at radius 3 is 2.62 bits per heavy atom. The lowest BCUT2D eigenvalue weighted by molar-refractivity contribution is 0.0475. The Balaban J connectivity index is 1.77. The third kappa shape index (κ3) is 4.78. The number of benzene rings is 1. The quantitative estimate of drug-likeness (QED) is 0.813. The van der Waals surface area contributed by atoms with E-state index in [9.17, 15) is 4.79 Å². The number of ether oxygens (including phenoxy) is 1. The molecule has 0 aliphatic heterocycles. The zero-order valence-electron chi connectivity index (χ0n) is 12.4. The maximum Gasteiger partial charge on any atom is 0.407 e. The van der Waals surface area contributed by atoms with Crippen LogP contribution in [0.1, 0.15) is 33.6 Å². The van der Waals surface area contributed by atoms with Crippen LogP contribution in [-0.4, -0.2) is 23.8 Å². The predicted molar refractivity (Wildman–Crippen MR) is 89.0 cm³/mol. The molecule has 1 aliphatic rings.